The Hall–Kier alpha value is -3.08. The number of phosphoric ester groups is 1. The van der Waals surface area contributed by atoms with Crippen LogP contribution >= 0.6 is 7.82 Å². The van der Waals surface area contributed by atoms with Crippen LogP contribution in [0.4, 0.5) is 0 Å². The highest BCUT2D eigenvalue weighted by atomic mass is 31.2. The molecular weight excluding hydrogens is 806 g/mol. The summed E-state index contributed by atoms with van der Waals surface area (Å²) < 4.78 is 32.7. The van der Waals surface area contributed by atoms with Crippen LogP contribution in [0.2, 0.25) is 0 Å². The Morgan fingerprint density at radius 3 is 1.32 bits per heavy atom. The van der Waals surface area contributed by atoms with Crippen LogP contribution in [0.3, 0.4) is 0 Å². The lowest BCUT2D eigenvalue weighted by molar-refractivity contribution is -0.161. The predicted octanol–water partition coefficient (Wildman–Crippen LogP) is 13.3. The van der Waals surface area contributed by atoms with Gasteiger partial charge in [-0.05, 0) is 51.4 Å². The van der Waals surface area contributed by atoms with Crippen LogP contribution in [-0.2, 0) is 37.5 Å². The van der Waals surface area contributed by atoms with Crippen LogP contribution in [0.1, 0.15) is 194 Å². The fraction of sp³-hybridized carbons (Fsp3) is 0.700. The Bertz CT molecular complexity index is 1320. The van der Waals surface area contributed by atoms with E-state index in [1.807, 2.05) is 12.2 Å². The largest absolute Gasteiger partial charge is 0.480 e. The minimum absolute atomic E-state index is 0.0344. The molecule has 0 rings (SSSR count). The fourth-order valence-corrected chi connectivity index (χ4v) is 7.05. The Balaban J connectivity index is 4.40. The van der Waals surface area contributed by atoms with Gasteiger partial charge in [-0.3, -0.25) is 23.4 Å². The Kier molecular flexibility index (Phi) is 42.3. The van der Waals surface area contributed by atoms with E-state index in [0.717, 1.165) is 51.4 Å². The normalized spacial score (nSPS) is 14.3. The van der Waals surface area contributed by atoms with E-state index in [1.54, 1.807) is 0 Å². The molecule has 0 radical (unpaired) electrons. The molecule has 0 saturated heterocycles. The monoisotopic (exact) mass is 892 g/mol. The molecule has 0 aliphatic rings. The minimum Gasteiger partial charge on any atom is -0.480 e. The average Bonchev–Trinajstić information content (AvgIpc) is 3.25. The summed E-state index contributed by atoms with van der Waals surface area (Å²) in [5.74, 6) is -2.48. The summed E-state index contributed by atoms with van der Waals surface area (Å²) in [6.45, 7) is 2.63. The van der Waals surface area contributed by atoms with Gasteiger partial charge in [0, 0.05) is 12.8 Å². The summed E-state index contributed by atoms with van der Waals surface area (Å²) in [6.07, 6.45) is 54.1. The molecule has 62 heavy (non-hydrogen) atoms. The quantitative estimate of drug-likeness (QED) is 0.0230. The van der Waals surface area contributed by atoms with E-state index in [2.05, 4.69) is 79.1 Å². The van der Waals surface area contributed by atoms with Gasteiger partial charge in [0.05, 0.1) is 13.2 Å². The van der Waals surface area contributed by atoms with E-state index >= 15 is 0 Å². The summed E-state index contributed by atoms with van der Waals surface area (Å²) in [6, 6.07) is -1.54. The van der Waals surface area contributed by atoms with Crippen LogP contribution in [0.25, 0.3) is 0 Å². The summed E-state index contributed by atoms with van der Waals surface area (Å²) in [5, 5.41) is 8.91. The molecule has 11 nitrogen and oxygen atoms in total. The van der Waals surface area contributed by atoms with Crippen molar-refractivity contribution in [2.24, 2.45) is 5.73 Å². The molecule has 0 bridgehead atoms. The number of rotatable bonds is 44. The first-order valence-corrected chi connectivity index (χ1v) is 25.5. The van der Waals surface area contributed by atoms with Crippen LogP contribution in [0.5, 0.6) is 0 Å². The SMILES string of the molecule is CC/C=C/C/C=C/C/C=C/C/C=C/C/C=C/C/C=C/CCC(=O)O[C@H](COC(=O)CCCCCCCCCCCCCCCCCCCCC)COP(=O)(O)OC[C@H](N)C(=O)O. The summed E-state index contributed by atoms with van der Waals surface area (Å²) >= 11 is 0. The zero-order chi connectivity index (χ0) is 45.6. The lowest BCUT2D eigenvalue weighted by atomic mass is 10.0. The topological polar surface area (TPSA) is 172 Å². The van der Waals surface area contributed by atoms with E-state index in [-0.39, 0.29) is 19.4 Å². The van der Waals surface area contributed by atoms with Crippen molar-refractivity contribution in [1.29, 1.82) is 0 Å². The molecule has 0 aromatic heterocycles. The number of allylic oxidation sites excluding steroid dienone is 12. The third kappa shape index (κ3) is 43.6. The zero-order valence-corrected chi connectivity index (χ0v) is 39.6. The second kappa shape index (κ2) is 44.5. The molecule has 0 spiro atoms. The van der Waals surface area contributed by atoms with Gasteiger partial charge >= 0.3 is 25.7 Å². The van der Waals surface area contributed by atoms with E-state index in [9.17, 15) is 23.8 Å². The Labute approximate surface area is 376 Å². The van der Waals surface area contributed by atoms with Crippen molar-refractivity contribution in [3.05, 3.63) is 72.9 Å². The number of nitrogens with two attached hydrogens (primary N) is 1. The Morgan fingerprint density at radius 2 is 0.903 bits per heavy atom. The molecule has 0 aromatic carbocycles. The zero-order valence-electron chi connectivity index (χ0n) is 38.7. The van der Waals surface area contributed by atoms with E-state index < -0.39 is 51.1 Å². The molecule has 0 saturated carbocycles. The molecule has 0 aromatic rings. The first-order chi connectivity index (χ1) is 30.1. The van der Waals surface area contributed by atoms with Crippen molar-refractivity contribution < 1.29 is 47.5 Å². The van der Waals surface area contributed by atoms with Gasteiger partial charge in [0.1, 0.15) is 12.6 Å². The van der Waals surface area contributed by atoms with Crippen molar-refractivity contribution in [1.82, 2.24) is 0 Å². The smallest absolute Gasteiger partial charge is 0.472 e. The summed E-state index contributed by atoms with van der Waals surface area (Å²) in [5.41, 5.74) is 5.34. The number of esters is 2. The van der Waals surface area contributed by atoms with Gasteiger partial charge in [-0.2, -0.15) is 0 Å². The van der Waals surface area contributed by atoms with Crippen LogP contribution in [0, 0.1) is 0 Å². The Morgan fingerprint density at radius 1 is 0.516 bits per heavy atom. The average molecular weight is 892 g/mol. The van der Waals surface area contributed by atoms with E-state index in [1.165, 1.54) is 96.3 Å². The number of unbranched alkanes of at least 4 members (excludes halogenated alkanes) is 18. The summed E-state index contributed by atoms with van der Waals surface area (Å²) in [4.78, 5) is 46.1. The molecule has 0 heterocycles. The number of aliphatic carboxylic acids is 1. The second-order valence-corrected chi connectivity index (χ2v) is 17.3. The van der Waals surface area contributed by atoms with Gasteiger partial charge in [0.2, 0.25) is 0 Å². The van der Waals surface area contributed by atoms with Crippen molar-refractivity contribution in [2.75, 3.05) is 19.8 Å². The molecule has 356 valence electrons. The van der Waals surface area contributed by atoms with Crippen LogP contribution in [-0.4, -0.2) is 59.9 Å². The number of hydrogen-bond acceptors (Lipinski definition) is 9. The van der Waals surface area contributed by atoms with Gasteiger partial charge in [-0.25, -0.2) is 4.57 Å². The van der Waals surface area contributed by atoms with Gasteiger partial charge in [0.25, 0.3) is 0 Å². The predicted molar refractivity (Wildman–Crippen MR) is 254 cm³/mol. The second-order valence-electron chi connectivity index (χ2n) is 15.9. The first-order valence-electron chi connectivity index (χ1n) is 24.0. The van der Waals surface area contributed by atoms with E-state index in [0.29, 0.717) is 19.3 Å². The lowest BCUT2D eigenvalue weighted by Crippen LogP contribution is -2.34. The number of ether oxygens (including phenoxy) is 2. The highest BCUT2D eigenvalue weighted by molar-refractivity contribution is 7.47. The van der Waals surface area contributed by atoms with Crippen molar-refractivity contribution in [3.8, 4) is 0 Å². The van der Waals surface area contributed by atoms with Crippen molar-refractivity contribution >= 4 is 25.7 Å². The van der Waals surface area contributed by atoms with Gasteiger partial charge in [-0.15, -0.1) is 0 Å². The molecule has 1 unspecified atom stereocenters. The molecule has 0 fully saturated rings. The van der Waals surface area contributed by atoms with E-state index in [4.69, 9.17) is 24.8 Å². The highest BCUT2D eigenvalue weighted by Crippen LogP contribution is 2.43. The standard InChI is InChI=1S/C50H86NO10P/c1-3-5-7-9-11-13-15-17-19-21-23-25-27-29-31-33-35-37-39-41-48(52)58-43-46(44-59-62(56,57)60-45-47(51)50(54)55)61-49(53)42-40-38-36-34-32-30-28-26-24-22-20-18-16-14-12-10-8-6-4-2/h6,8,12,14,18,20,24,26,30,32,36,38,46-47H,3-5,7,9-11,13,15-17,19,21-23,25,27-29,31,33-35,37,39-45,51H2,1-2H3,(H,54,55)(H,56,57)/b8-6+,14-12+,20-18+,26-24+,32-30+,38-36+/t46-,47+/m1/s1. The third-order valence-electron chi connectivity index (χ3n) is 9.98. The number of carbonyl (C=O) groups excluding carboxylic acids is 2. The molecule has 3 atom stereocenters. The van der Waals surface area contributed by atoms with Crippen molar-refractivity contribution in [3.63, 3.8) is 0 Å². The maximum absolute atomic E-state index is 12.6. The molecule has 0 aliphatic heterocycles. The van der Waals surface area contributed by atoms with Crippen molar-refractivity contribution in [2.45, 2.75) is 206 Å². The van der Waals surface area contributed by atoms with Gasteiger partial charge in [-0.1, -0.05) is 202 Å². The molecule has 0 amide bonds. The summed E-state index contributed by atoms with van der Waals surface area (Å²) in [7, 11) is -4.74. The lowest BCUT2D eigenvalue weighted by Gasteiger charge is -2.20. The third-order valence-corrected chi connectivity index (χ3v) is 10.9. The number of carboxylic acid groups (broad SMARTS) is 1. The first kappa shape index (κ1) is 58.9. The van der Waals surface area contributed by atoms with Crippen LogP contribution in [0.15, 0.2) is 72.9 Å². The fourth-order valence-electron chi connectivity index (χ4n) is 6.27. The minimum atomic E-state index is -4.74. The maximum Gasteiger partial charge on any atom is 0.472 e. The molecule has 0 aliphatic carbocycles. The molecular formula is C50H86NO10P. The van der Waals surface area contributed by atoms with Crippen LogP contribution < -0.4 is 5.73 Å². The highest BCUT2D eigenvalue weighted by Gasteiger charge is 2.28. The van der Waals surface area contributed by atoms with Gasteiger partial charge < -0.3 is 25.2 Å². The molecule has 4 N–H and O–H groups in total. The number of hydrogen-bond donors (Lipinski definition) is 3. The molecule has 12 heteroatoms. The maximum atomic E-state index is 12.6. The number of phosphoric acid groups is 1. The number of carbonyl (C=O) groups is 3. The van der Waals surface area contributed by atoms with Gasteiger partial charge in [0.15, 0.2) is 6.10 Å². The number of carboxylic acids is 1.